The number of halogens is 1. The van der Waals surface area contributed by atoms with Gasteiger partial charge < -0.3 is 10.7 Å². The van der Waals surface area contributed by atoms with Crippen LogP contribution in [-0.4, -0.2) is 9.97 Å². The Labute approximate surface area is 71.7 Å². The predicted molar refractivity (Wildman–Crippen MR) is 48.2 cm³/mol. The highest BCUT2D eigenvalue weighted by atomic mass is 79.9. The second-order valence-electron chi connectivity index (χ2n) is 2.26. The molecule has 2 aromatic rings. The van der Waals surface area contributed by atoms with Crippen LogP contribution in [-0.2, 0) is 0 Å². The van der Waals surface area contributed by atoms with E-state index in [9.17, 15) is 0 Å². The van der Waals surface area contributed by atoms with E-state index in [2.05, 4.69) is 25.9 Å². The number of imidazole rings is 1. The Balaban J connectivity index is 2.93. The van der Waals surface area contributed by atoms with E-state index < -0.39 is 0 Å². The average Bonchev–Trinajstić information content (AvgIpc) is 2.45. The number of nitrogens with zero attached hydrogens (tertiary/aromatic N) is 1. The molecule has 1 heterocycles. The van der Waals surface area contributed by atoms with Crippen LogP contribution >= 0.6 is 15.9 Å². The highest BCUT2D eigenvalue weighted by molar-refractivity contribution is 9.10. The molecule has 0 atom stereocenters. The Kier molecular flexibility index (Phi) is 1.35. The third-order valence-corrected chi connectivity index (χ3v) is 2.27. The van der Waals surface area contributed by atoms with E-state index in [0.717, 1.165) is 15.5 Å². The molecule has 0 aliphatic heterocycles. The van der Waals surface area contributed by atoms with Crippen molar-refractivity contribution in [1.82, 2.24) is 9.97 Å². The maximum Gasteiger partial charge on any atom is 0.112 e. The van der Waals surface area contributed by atoms with Gasteiger partial charge in [-0.05, 0) is 28.1 Å². The molecule has 0 radical (unpaired) electrons. The minimum Gasteiger partial charge on any atom is -0.396 e. The van der Waals surface area contributed by atoms with E-state index in [1.165, 1.54) is 0 Å². The number of hydrogen-bond acceptors (Lipinski definition) is 2. The average molecular weight is 212 g/mol. The van der Waals surface area contributed by atoms with Crippen LogP contribution in [0.1, 0.15) is 0 Å². The van der Waals surface area contributed by atoms with Crippen molar-refractivity contribution >= 4 is 32.7 Å². The van der Waals surface area contributed by atoms with Gasteiger partial charge in [-0.1, -0.05) is 0 Å². The highest BCUT2D eigenvalue weighted by Gasteiger charge is 2.02. The first-order valence-corrected chi connectivity index (χ1v) is 3.95. The van der Waals surface area contributed by atoms with Crippen molar-refractivity contribution in [3.8, 4) is 0 Å². The first kappa shape index (κ1) is 6.67. The Morgan fingerprint density at radius 1 is 1.45 bits per heavy atom. The van der Waals surface area contributed by atoms with Crippen molar-refractivity contribution in [2.75, 3.05) is 5.73 Å². The van der Waals surface area contributed by atoms with Gasteiger partial charge in [0.25, 0.3) is 0 Å². The van der Waals surface area contributed by atoms with Crippen LogP contribution in [0.25, 0.3) is 11.0 Å². The summed E-state index contributed by atoms with van der Waals surface area (Å²) in [7, 11) is 0. The Bertz CT molecular complexity index is 393. The third kappa shape index (κ3) is 0.903. The number of nitrogens with one attached hydrogen (secondary N) is 1. The molecular weight excluding hydrogens is 206 g/mol. The smallest absolute Gasteiger partial charge is 0.112 e. The van der Waals surface area contributed by atoms with Crippen LogP contribution in [0.4, 0.5) is 5.69 Å². The van der Waals surface area contributed by atoms with Gasteiger partial charge in [0.1, 0.15) is 5.52 Å². The number of H-pyrrole nitrogens is 1. The second-order valence-corrected chi connectivity index (χ2v) is 3.11. The number of fused-ring (bicyclic) bond motifs is 1. The number of hydrogen-bond donors (Lipinski definition) is 2. The fraction of sp³-hybridized carbons (Fsp3) is 0. The van der Waals surface area contributed by atoms with Crippen molar-refractivity contribution in [3.63, 3.8) is 0 Å². The quantitative estimate of drug-likeness (QED) is 0.655. The fourth-order valence-corrected chi connectivity index (χ4v) is 1.33. The lowest BCUT2D eigenvalue weighted by molar-refractivity contribution is 1.34. The molecule has 0 saturated carbocycles. The van der Waals surface area contributed by atoms with E-state index in [-0.39, 0.29) is 0 Å². The van der Waals surface area contributed by atoms with Crippen LogP contribution in [0.3, 0.4) is 0 Å². The number of rotatable bonds is 0. The van der Waals surface area contributed by atoms with Gasteiger partial charge in [0, 0.05) is 4.47 Å². The standard InChI is InChI=1S/C7H6BrN3/c8-4-1-2-5-7(6(4)9)11-3-10-5/h1-3H,9H2,(H,10,11). The van der Waals surface area contributed by atoms with E-state index in [1.54, 1.807) is 6.33 Å². The molecule has 0 unspecified atom stereocenters. The zero-order valence-electron chi connectivity index (χ0n) is 5.63. The molecule has 0 spiro atoms. The molecule has 0 bridgehead atoms. The van der Waals surface area contributed by atoms with Crippen molar-refractivity contribution in [3.05, 3.63) is 22.9 Å². The lowest BCUT2D eigenvalue weighted by Gasteiger charge is -1.96. The molecule has 56 valence electrons. The van der Waals surface area contributed by atoms with Gasteiger partial charge in [-0.3, -0.25) is 0 Å². The van der Waals surface area contributed by atoms with Crippen LogP contribution in [0.2, 0.25) is 0 Å². The topological polar surface area (TPSA) is 54.7 Å². The van der Waals surface area contributed by atoms with Gasteiger partial charge in [-0.2, -0.15) is 0 Å². The monoisotopic (exact) mass is 211 g/mol. The predicted octanol–water partition coefficient (Wildman–Crippen LogP) is 1.91. The molecular formula is C7H6BrN3. The summed E-state index contributed by atoms with van der Waals surface area (Å²) in [6.45, 7) is 0. The van der Waals surface area contributed by atoms with Gasteiger partial charge in [0.05, 0.1) is 17.5 Å². The van der Waals surface area contributed by atoms with Crippen molar-refractivity contribution in [2.45, 2.75) is 0 Å². The zero-order valence-corrected chi connectivity index (χ0v) is 7.22. The van der Waals surface area contributed by atoms with E-state index in [0.29, 0.717) is 5.69 Å². The summed E-state index contributed by atoms with van der Waals surface area (Å²) >= 11 is 3.32. The zero-order chi connectivity index (χ0) is 7.84. The number of nitrogen functional groups attached to an aromatic ring is 1. The first-order chi connectivity index (χ1) is 5.29. The molecule has 1 aromatic carbocycles. The molecule has 3 N–H and O–H groups in total. The van der Waals surface area contributed by atoms with Gasteiger partial charge in [0.2, 0.25) is 0 Å². The van der Waals surface area contributed by atoms with E-state index in [4.69, 9.17) is 5.73 Å². The summed E-state index contributed by atoms with van der Waals surface area (Å²) in [6.07, 6.45) is 1.63. The maximum atomic E-state index is 5.73. The summed E-state index contributed by atoms with van der Waals surface area (Å²) in [6, 6.07) is 3.83. The number of benzene rings is 1. The summed E-state index contributed by atoms with van der Waals surface area (Å²) in [5.74, 6) is 0. The normalized spacial score (nSPS) is 10.6. The lowest BCUT2D eigenvalue weighted by atomic mass is 10.3. The van der Waals surface area contributed by atoms with Gasteiger partial charge >= 0.3 is 0 Å². The highest BCUT2D eigenvalue weighted by Crippen LogP contribution is 2.25. The molecule has 11 heavy (non-hydrogen) atoms. The number of nitrogens with two attached hydrogens (primary N) is 1. The Morgan fingerprint density at radius 2 is 2.27 bits per heavy atom. The minimum absolute atomic E-state index is 0.684. The van der Waals surface area contributed by atoms with Crippen LogP contribution in [0.15, 0.2) is 22.9 Å². The molecule has 0 fully saturated rings. The summed E-state index contributed by atoms with van der Waals surface area (Å²) in [5, 5.41) is 0. The molecule has 4 heteroatoms. The van der Waals surface area contributed by atoms with Gasteiger partial charge in [-0.15, -0.1) is 0 Å². The molecule has 1 aromatic heterocycles. The van der Waals surface area contributed by atoms with Crippen molar-refractivity contribution in [2.24, 2.45) is 0 Å². The fourth-order valence-electron chi connectivity index (χ4n) is 1.01. The number of anilines is 1. The molecule has 0 saturated heterocycles. The largest absolute Gasteiger partial charge is 0.396 e. The molecule has 2 rings (SSSR count). The first-order valence-electron chi connectivity index (χ1n) is 3.16. The van der Waals surface area contributed by atoms with Gasteiger partial charge in [0.15, 0.2) is 0 Å². The van der Waals surface area contributed by atoms with Crippen molar-refractivity contribution < 1.29 is 0 Å². The molecule has 0 amide bonds. The van der Waals surface area contributed by atoms with Crippen molar-refractivity contribution in [1.29, 1.82) is 0 Å². The Morgan fingerprint density at radius 3 is 3.09 bits per heavy atom. The van der Waals surface area contributed by atoms with E-state index in [1.807, 2.05) is 12.1 Å². The summed E-state index contributed by atoms with van der Waals surface area (Å²) < 4.78 is 0.886. The molecule has 0 aliphatic carbocycles. The third-order valence-electron chi connectivity index (χ3n) is 1.58. The van der Waals surface area contributed by atoms with Gasteiger partial charge in [-0.25, -0.2) is 4.98 Å². The summed E-state index contributed by atoms with van der Waals surface area (Å²) in [4.78, 5) is 7.04. The molecule has 0 aliphatic rings. The number of aromatic nitrogens is 2. The minimum atomic E-state index is 0.684. The SMILES string of the molecule is Nc1c(Br)ccc2[nH]cnc12. The molecule has 3 nitrogen and oxygen atoms in total. The van der Waals surface area contributed by atoms with Crippen LogP contribution in [0, 0.1) is 0 Å². The van der Waals surface area contributed by atoms with E-state index >= 15 is 0 Å². The Hall–Kier alpha value is -1.03. The summed E-state index contributed by atoms with van der Waals surface area (Å²) in [5.41, 5.74) is 8.20. The number of aromatic amines is 1. The van der Waals surface area contributed by atoms with Crippen LogP contribution in [0.5, 0.6) is 0 Å². The van der Waals surface area contributed by atoms with Crippen LogP contribution < -0.4 is 5.73 Å². The second kappa shape index (κ2) is 2.23. The lowest BCUT2D eigenvalue weighted by Crippen LogP contribution is -1.87. The maximum absolute atomic E-state index is 5.73.